The summed E-state index contributed by atoms with van der Waals surface area (Å²) < 4.78 is 0. The zero-order valence-electron chi connectivity index (χ0n) is 21.5. The summed E-state index contributed by atoms with van der Waals surface area (Å²) in [5, 5.41) is 0. The molecule has 180 valence electrons. The van der Waals surface area contributed by atoms with E-state index in [1.165, 1.54) is 38.8 Å². The molecule has 0 fully saturated rings. The molecule has 0 radical (unpaired) electrons. The Hall–Kier alpha value is -4.82. The first-order valence-corrected chi connectivity index (χ1v) is 13.0. The van der Waals surface area contributed by atoms with E-state index >= 15 is 0 Å². The average molecular weight is 485 g/mol. The SMILES string of the molecule is Bc1ccccc1-c1ccc(N(c2ccc(-c3ccccc3)cc2)c2ccccc2-c2ccccc2)cc1. The molecule has 0 unspecified atom stereocenters. The third-order valence-corrected chi connectivity index (χ3v) is 7.04. The van der Waals surface area contributed by atoms with E-state index in [-0.39, 0.29) is 0 Å². The summed E-state index contributed by atoms with van der Waals surface area (Å²) in [6.07, 6.45) is 0. The molecule has 0 heterocycles. The summed E-state index contributed by atoms with van der Waals surface area (Å²) >= 11 is 0. The second kappa shape index (κ2) is 10.7. The third-order valence-electron chi connectivity index (χ3n) is 7.04. The highest BCUT2D eigenvalue weighted by atomic mass is 15.1. The zero-order chi connectivity index (χ0) is 25.7. The minimum absolute atomic E-state index is 1.12. The molecule has 0 aliphatic rings. The van der Waals surface area contributed by atoms with Crippen LogP contribution in [-0.2, 0) is 0 Å². The summed E-state index contributed by atoms with van der Waals surface area (Å²) in [7, 11) is 2.17. The van der Waals surface area contributed by atoms with E-state index in [1.807, 2.05) is 0 Å². The van der Waals surface area contributed by atoms with Crippen LogP contribution in [0.15, 0.2) is 158 Å². The zero-order valence-corrected chi connectivity index (χ0v) is 21.5. The molecule has 0 amide bonds. The molecular weight excluding hydrogens is 457 g/mol. The number of hydrogen-bond donors (Lipinski definition) is 0. The van der Waals surface area contributed by atoms with Crippen LogP contribution in [0.2, 0.25) is 0 Å². The number of para-hydroxylation sites is 1. The first-order chi connectivity index (χ1) is 18.8. The lowest BCUT2D eigenvalue weighted by atomic mass is 9.87. The second-order valence-electron chi connectivity index (χ2n) is 9.49. The van der Waals surface area contributed by atoms with Crippen molar-refractivity contribution >= 4 is 30.4 Å². The van der Waals surface area contributed by atoms with Crippen molar-refractivity contribution in [2.75, 3.05) is 4.90 Å². The van der Waals surface area contributed by atoms with Gasteiger partial charge in [0.05, 0.1) is 5.69 Å². The third kappa shape index (κ3) is 4.77. The fourth-order valence-corrected chi connectivity index (χ4v) is 5.08. The number of benzene rings is 6. The molecule has 0 N–H and O–H groups in total. The summed E-state index contributed by atoms with van der Waals surface area (Å²) in [5.74, 6) is 0. The Morgan fingerprint density at radius 2 is 0.763 bits per heavy atom. The maximum atomic E-state index is 2.36. The molecule has 0 aromatic heterocycles. The molecule has 1 nitrogen and oxygen atoms in total. The number of rotatable bonds is 6. The standard InChI is InChI=1S/C36H28BN/c37-35-17-9-7-15-33(35)30-21-25-32(26-22-30)38(31-23-19-28(20-24-31)27-11-3-1-4-12-27)36-18-10-8-16-34(36)29-13-5-2-6-14-29/h1-26H,37H2. The molecule has 0 saturated heterocycles. The summed E-state index contributed by atoms with van der Waals surface area (Å²) in [6.45, 7) is 0. The maximum absolute atomic E-state index is 2.36. The highest BCUT2D eigenvalue weighted by Gasteiger charge is 2.17. The van der Waals surface area contributed by atoms with Gasteiger partial charge in [-0.25, -0.2) is 0 Å². The Bertz CT molecular complexity index is 1640. The molecule has 6 rings (SSSR count). The minimum Gasteiger partial charge on any atom is -0.310 e. The van der Waals surface area contributed by atoms with Crippen molar-refractivity contribution in [1.82, 2.24) is 0 Å². The quantitative estimate of drug-likeness (QED) is 0.214. The molecule has 0 spiro atoms. The van der Waals surface area contributed by atoms with Crippen molar-refractivity contribution in [2.24, 2.45) is 0 Å². The van der Waals surface area contributed by atoms with Crippen molar-refractivity contribution in [2.45, 2.75) is 0 Å². The van der Waals surface area contributed by atoms with E-state index in [0.717, 1.165) is 17.1 Å². The summed E-state index contributed by atoms with van der Waals surface area (Å²) in [5.41, 5.74) is 12.0. The lowest BCUT2D eigenvalue weighted by molar-refractivity contribution is 1.28. The van der Waals surface area contributed by atoms with Gasteiger partial charge in [-0.05, 0) is 58.1 Å². The van der Waals surface area contributed by atoms with E-state index in [4.69, 9.17) is 0 Å². The van der Waals surface area contributed by atoms with Crippen LogP contribution in [0, 0.1) is 0 Å². The van der Waals surface area contributed by atoms with Crippen molar-refractivity contribution in [1.29, 1.82) is 0 Å². The number of nitrogens with zero attached hydrogens (tertiary/aromatic N) is 1. The Kier molecular flexibility index (Phi) is 6.61. The molecule has 2 heteroatoms. The van der Waals surface area contributed by atoms with Gasteiger partial charge in [0.2, 0.25) is 0 Å². The fraction of sp³-hybridized carbons (Fsp3) is 0. The average Bonchev–Trinajstić information content (AvgIpc) is 3.00. The lowest BCUT2D eigenvalue weighted by Crippen LogP contribution is -2.11. The molecule has 0 bridgehead atoms. The highest BCUT2D eigenvalue weighted by molar-refractivity contribution is 6.35. The lowest BCUT2D eigenvalue weighted by Gasteiger charge is -2.28. The van der Waals surface area contributed by atoms with Crippen LogP contribution in [0.3, 0.4) is 0 Å². The second-order valence-corrected chi connectivity index (χ2v) is 9.49. The predicted molar refractivity (Wildman–Crippen MR) is 166 cm³/mol. The smallest absolute Gasteiger partial charge is 0.140 e. The van der Waals surface area contributed by atoms with Gasteiger partial charge >= 0.3 is 0 Å². The monoisotopic (exact) mass is 485 g/mol. The Balaban J connectivity index is 1.47. The molecule has 0 saturated carbocycles. The van der Waals surface area contributed by atoms with Crippen LogP contribution in [-0.4, -0.2) is 7.85 Å². The Morgan fingerprint density at radius 3 is 1.37 bits per heavy atom. The van der Waals surface area contributed by atoms with Gasteiger partial charge in [-0.15, -0.1) is 0 Å². The van der Waals surface area contributed by atoms with Gasteiger partial charge in [-0.3, -0.25) is 0 Å². The van der Waals surface area contributed by atoms with Crippen molar-refractivity contribution in [3.05, 3.63) is 158 Å². The highest BCUT2D eigenvalue weighted by Crippen LogP contribution is 2.41. The van der Waals surface area contributed by atoms with Crippen molar-refractivity contribution < 1.29 is 0 Å². The van der Waals surface area contributed by atoms with Gasteiger partial charge in [0.1, 0.15) is 7.85 Å². The van der Waals surface area contributed by atoms with Gasteiger partial charge in [-0.1, -0.05) is 133 Å². The molecule has 0 atom stereocenters. The van der Waals surface area contributed by atoms with Crippen LogP contribution in [0.1, 0.15) is 0 Å². The van der Waals surface area contributed by atoms with Gasteiger partial charge in [0.25, 0.3) is 0 Å². The van der Waals surface area contributed by atoms with E-state index in [0.29, 0.717) is 0 Å². The van der Waals surface area contributed by atoms with Crippen LogP contribution in [0.25, 0.3) is 33.4 Å². The van der Waals surface area contributed by atoms with Crippen LogP contribution < -0.4 is 10.4 Å². The summed E-state index contributed by atoms with van der Waals surface area (Å²) in [4.78, 5) is 2.36. The van der Waals surface area contributed by atoms with E-state index in [9.17, 15) is 0 Å². The molecule has 38 heavy (non-hydrogen) atoms. The van der Waals surface area contributed by atoms with E-state index < -0.39 is 0 Å². The van der Waals surface area contributed by atoms with Crippen molar-refractivity contribution in [3.63, 3.8) is 0 Å². The van der Waals surface area contributed by atoms with Gasteiger partial charge in [-0.2, -0.15) is 0 Å². The minimum atomic E-state index is 1.12. The predicted octanol–water partition coefficient (Wildman–Crippen LogP) is 8.42. The molecule has 6 aromatic carbocycles. The van der Waals surface area contributed by atoms with Crippen LogP contribution >= 0.6 is 0 Å². The topological polar surface area (TPSA) is 3.24 Å². The largest absolute Gasteiger partial charge is 0.310 e. The first kappa shape index (κ1) is 23.6. The van der Waals surface area contributed by atoms with E-state index in [1.54, 1.807) is 0 Å². The molecular formula is C36H28BN. The van der Waals surface area contributed by atoms with Crippen LogP contribution in [0.5, 0.6) is 0 Å². The molecule has 0 aliphatic heterocycles. The maximum Gasteiger partial charge on any atom is 0.140 e. The van der Waals surface area contributed by atoms with E-state index in [2.05, 4.69) is 170 Å². The first-order valence-electron chi connectivity index (χ1n) is 13.0. The molecule has 6 aromatic rings. The van der Waals surface area contributed by atoms with Gasteiger partial charge in [0, 0.05) is 16.9 Å². The normalized spacial score (nSPS) is 10.7. The fourth-order valence-electron chi connectivity index (χ4n) is 5.08. The van der Waals surface area contributed by atoms with Gasteiger partial charge < -0.3 is 4.90 Å². The molecule has 0 aliphatic carbocycles. The van der Waals surface area contributed by atoms with Gasteiger partial charge in [0.15, 0.2) is 0 Å². The van der Waals surface area contributed by atoms with Crippen LogP contribution in [0.4, 0.5) is 17.1 Å². The Labute approximate surface area is 226 Å². The Morgan fingerprint density at radius 1 is 0.342 bits per heavy atom. The number of hydrogen-bond acceptors (Lipinski definition) is 1. The summed E-state index contributed by atoms with van der Waals surface area (Å²) in [6, 6.07) is 56.1. The number of anilines is 3. The van der Waals surface area contributed by atoms with Crippen molar-refractivity contribution in [3.8, 4) is 33.4 Å².